The van der Waals surface area contributed by atoms with Crippen LogP contribution in [0.3, 0.4) is 0 Å². The fourth-order valence-electron chi connectivity index (χ4n) is 6.49. The number of hydrogen-bond donors (Lipinski definition) is 0. The van der Waals surface area contributed by atoms with Crippen LogP contribution in [-0.2, 0) is 35.5 Å². The Labute approximate surface area is 257 Å². The molecule has 1 atom stereocenters. The molecular formula is C31H36F6N6O2. The Kier molecular flexibility index (Phi) is 9.31. The number of fused-ring (bicyclic) bond motifs is 1. The number of alkyl halides is 6. The fraction of sp³-hybridized carbons (Fsp3) is 0.548. The zero-order valence-electron chi connectivity index (χ0n) is 25.4. The second-order valence-corrected chi connectivity index (χ2v) is 12.0. The third-order valence-corrected chi connectivity index (χ3v) is 8.49. The number of tetrazole rings is 1. The summed E-state index contributed by atoms with van der Waals surface area (Å²) in [6.45, 7) is 4.06. The first kappa shape index (κ1) is 32.6. The van der Waals surface area contributed by atoms with E-state index in [4.69, 9.17) is 4.74 Å². The van der Waals surface area contributed by atoms with Crippen LogP contribution in [0, 0.1) is 19.8 Å². The van der Waals surface area contributed by atoms with Gasteiger partial charge < -0.3 is 14.5 Å². The Morgan fingerprint density at radius 1 is 0.933 bits per heavy atom. The Hall–Kier alpha value is -3.84. The van der Waals surface area contributed by atoms with Gasteiger partial charge in [-0.25, -0.2) is 0 Å². The van der Waals surface area contributed by atoms with E-state index in [1.165, 1.54) is 11.8 Å². The molecule has 3 aromatic rings. The number of carbonyl (C=O) groups is 1. The molecule has 14 heteroatoms. The molecule has 8 nitrogen and oxygen atoms in total. The van der Waals surface area contributed by atoms with Gasteiger partial charge in [-0.15, -0.1) is 5.10 Å². The van der Waals surface area contributed by atoms with Gasteiger partial charge in [-0.3, -0.25) is 4.79 Å². The molecule has 2 heterocycles. The van der Waals surface area contributed by atoms with Crippen molar-refractivity contribution in [3.05, 3.63) is 63.7 Å². The highest BCUT2D eigenvalue weighted by molar-refractivity contribution is 5.73. The molecule has 0 spiro atoms. The molecule has 1 fully saturated rings. The van der Waals surface area contributed by atoms with Gasteiger partial charge in [0.15, 0.2) is 6.73 Å². The molecule has 0 radical (unpaired) electrons. The van der Waals surface area contributed by atoms with Crippen molar-refractivity contribution < 1.29 is 35.9 Å². The van der Waals surface area contributed by atoms with Gasteiger partial charge in [0.05, 0.1) is 30.1 Å². The number of benzene rings is 2. The van der Waals surface area contributed by atoms with Crippen LogP contribution in [0.5, 0.6) is 0 Å². The molecule has 0 amide bonds. The third-order valence-electron chi connectivity index (χ3n) is 8.49. The second kappa shape index (κ2) is 12.9. The molecule has 1 aromatic heterocycles. The maximum Gasteiger partial charge on any atom is 0.416 e. The van der Waals surface area contributed by atoms with Gasteiger partial charge in [0.1, 0.15) is 0 Å². The third kappa shape index (κ3) is 7.52. The molecule has 244 valence electrons. The first-order valence-corrected chi connectivity index (χ1v) is 15.0. The molecule has 5 rings (SSSR count). The number of hydrogen-bond acceptors (Lipinski definition) is 7. The van der Waals surface area contributed by atoms with Crippen molar-refractivity contribution in [3.63, 3.8) is 0 Å². The van der Waals surface area contributed by atoms with Crippen molar-refractivity contribution >= 4 is 17.6 Å². The highest BCUT2D eigenvalue weighted by Gasteiger charge is 2.38. The molecule has 0 bridgehead atoms. The minimum atomic E-state index is -4.98. The van der Waals surface area contributed by atoms with Crippen LogP contribution in [0.2, 0.25) is 0 Å². The number of anilines is 2. The SMILES string of the molecule is Cc1cc(C)c2c(c1)[C@@H](N(Cc1cc(C(F)(F)F)cc(C(F)(F)F)c1)c1nnn(C)n1)CCCN2COC(=O)C1CCCCC1. The summed E-state index contributed by atoms with van der Waals surface area (Å²) in [5.74, 6) is -0.280. The Bertz CT molecular complexity index is 1480. The fourth-order valence-corrected chi connectivity index (χ4v) is 6.49. The van der Waals surface area contributed by atoms with E-state index in [1.54, 1.807) is 4.90 Å². The van der Waals surface area contributed by atoms with Crippen LogP contribution in [0.1, 0.15) is 84.4 Å². The van der Waals surface area contributed by atoms with Gasteiger partial charge in [-0.2, -0.15) is 31.1 Å². The van der Waals surface area contributed by atoms with Gasteiger partial charge in [0.2, 0.25) is 0 Å². The van der Waals surface area contributed by atoms with E-state index in [0.717, 1.165) is 66.6 Å². The lowest BCUT2D eigenvalue weighted by Crippen LogP contribution is -2.32. The Morgan fingerprint density at radius 3 is 2.20 bits per heavy atom. The number of ether oxygens (including phenoxy) is 1. The average Bonchev–Trinajstić information content (AvgIpc) is 3.32. The van der Waals surface area contributed by atoms with Crippen molar-refractivity contribution in [2.45, 2.75) is 83.7 Å². The Balaban J connectivity index is 1.54. The molecule has 0 saturated heterocycles. The highest BCUT2D eigenvalue weighted by atomic mass is 19.4. The molecule has 1 saturated carbocycles. The summed E-state index contributed by atoms with van der Waals surface area (Å²) in [4.78, 5) is 17.7. The zero-order valence-corrected chi connectivity index (χ0v) is 25.4. The monoisotopic (exact) mass is 638 g/mol. The molecule has 0 N–H and O–H groups in total. The van der Waals surface area contributed by atoms with Crippen molar-refractivity contribution in [1.29, 1.82) is 0 Å². The molecule has 2 aromatic carbocycles. The number of rotatable bonds is 7. The summed E-state index contributed by atoms with van der Waals surface area (Å²) in [6.07, 6.45) is -4.18. The van der Waals surface area contributed by atoms with Crippen LogP contribution in [0.4, 0.5) is 38.0 Å². The van der Waals surface area contributed by atoms with Crippen LogP contribution in [-0.4, -0.2) is 39.5 Å². The first-order chi connectivity index (χ1) is 21.2. The maximum absolute atomic E-state index is 13.7. The van der Waals surface area contributed by atoms with Crippen LogP contribution in [0.15, 0.2) is 30.3 Å². The number of nitrogens with zero attached hydrogens (tertiary/aromatic N) is 6. The lowest BCUT2D eigenvalue weighted by Gasteiger charge is -2.33. The average molecular weight is 639 g/mol. The minimum Gasteiger partial charge on any atom is -0.444 e. The summed E-state index contributed by atoms with van der Waals surface area (Å²) in [5, 5.41) is 12.3. The molecule has 45 heavy (non-hydrogen) atoms. The number of esters is 1. The largest absolute Gasteiger partial charge is 0.444 e. The lowest BCUT2D eigenvalue weighted by molar-refractivity contribution is -0.149. The van der Waals surface area contributed by atoms with E-state index in [0.29, 0.717) is 19.4 Å². The predicted molar refractivity (Wildman–Crippen MR) is 154 cm³/mol. The quantitative estimate of drug-likeness (QED) is 0.199. The van der Waals surface area contributed by atoms with Crippen LogP contribution < -0.4 is 9.80 Å². The first-order valence-electron chi connectivity index (χ1n) is 15.0. The number of halogens is 6. The zero-order chi connectivity index (χ0) is 32.5. The van der Waals surface area contributed by atoms with E-state index in [2.05, 4.69) is 15.4 Å². The van der Waals surface area contributed by atoms with Crippen LogP contribution >= 0.6 is 0 Å². The highest BCUT2D eigenvalue weighted by Crippen LogP contribution is 2.42. The molecular weight excluding hydrogens is 602 g/mol. The number of aryl methyl sites for hydroxylation is 3. The van der Waals surface area contributed by atoms with Gasteiger partial charge in [-0.05, 0) is 79.6 Å². The minimum absolute atomic E-state index is 0.0327. The topological polar surface area (TPSA) is 76.4 Å². The van der Waals surface area contributed by atoms with E-state index in [1.807, 2.05) is 30.9 Å². The van der Waals surface area contributed by atoms with Crippen molar-refractivity contribution in [1.82, 2.24) is 20.2 Å². The lowest BCUT2D eigenvalue weighted by atomic mass is 9.89. The normalized spacial score (nSPS) is 18.0. The summed E-state index contributed by atoms with van der Waals surface area (Å²) in [6, 6.07) is 4.98. The van der Waals surface area contributed by atoms with E-state index in [-0.39, 0.29) is 42.7 Å². The molecule has 0 unspecified atom stereocenters. The van der Waals surface area contributed by atoms with Gasteiger partial charge >= 0.3 is 18.3 Å². The standard InChI is InChI=1S/C31H36F6N6O2/c1-19-12-20(2)27-25(13-19)26(10-7-11-42(27)18-45-28(44)22-8-5-4-6-9-22)43(29-38-40-41(3)39-29)17-21-14-23(30(32,33)34)16-24(15-21)31(35,36)37/h12-16,22,26H,4-11,17-18H2,1-3H3/t26-/m0/s1. The van der Waals surface area contributed by atoms with Gasteiger partial charge in [-0.1, -0.05) is 42.1 Å². The number of carbonyl (C=O) groups excluding carboxylic acids is 1. The van der Waals surface area contributed by atoms with Gasteiger partial charge in [0.25, 0.3) is 5.95 Å². The summed E-state index contributed by atoms with van der Waals surface area (Å²) in [7, 11) is 1.53. The van der Waals surface area contributed by atoms with E-state index >= 15 is 0 Å². The van der Waals surface area contributed by atoms with Crippen molar-refractivity contribution in [3.8, 4) is 0 Å². The van der Waals surface area contributed by atoms with E-state index in [9.17, 15) is 31.1 Å². The van der Waals surface area contributed by atoms with Gasteiger partial charge in [0, 0.05) is 18.8 Å². The molecule has 2 aliphatic rings. The summed E-state index contributed by atoms with van der Waals surface area (Å²) in [5.41, 5.74) is 0.427. The van der Waals surface area contributed by atoms with E-state index < -0.39 is 29.5 Å². The summed E-state index contributed by atoms with van der Waals surface area (Å²) >= 11 is 0. The van der Waals surface area contributed by atoms with Crippen molar-refractivity contribution in [2.24, 2.45) is 13.0 Å². The smallest absolute Gasteiger partial charge is 0.416 e. The molecule has 1 aliphatic carbocycles. The van der Waals surface area contributed by atoms with Crippen LogP contribution in [0.25, 0.3) is 0 Å². The predicted octanol–water partition coefficient (Wildman–Crippen LogP) is 7.29. The number of aromatic nitrogens is 4. The second-order valence-electron chi connectivity index (χ2n) is 12.0. The Morgan fingerprint density at radius 2 is 1.60 bits per heavy atom. The maximum atomic E-state index is 13.7. The molecule has 1 aliphatic heterocycles. The summed E-state index contributed by atoms with van der Waals surface area (Å²) < 4.78 is 88.2. The van der Waals surface area contributed by atoms with Crippen molar-refractivity contribution in [2.75, 3.05) is 23.1 Å².